The van der Waals surface area contributed by atoms with Crippen LogP contribution in [-0.4, -0.2) is 34.7 Å². The molecule has 2 aliphatic rings. The van der Waals surface area contributed by atoms with Gasteiger partial charge in [-0.15, -0.1) is 11.3 Å². The van der Waals surface area contributed by atoms with Crippen LogP contribution in [0, 0.1) is 0 Å². The molecule has 0 spiro atoms. The van der Waals surface area contributed by atoms with Gasteiger partial charge in [-0.3, -0.25) is 14.4 Å². The molecule has 1 saturated heterocycles. The van der Waals surface area contributed by atoms with Gasteiger partial charge in [-0.2, -0.15) is 0 Å². The first-order chi connectivity index (χ1) is 13.0. The third-order valence-corrected chi connectivity index (χ3v) is 6.04. The number of rotatable bonds is 5. The number of imide groups is 1. The molecule has 5 nitrogen and oxygen atoms in total. The average molecular weight is 382 g/mol. The second-order valence-corrected chi connectivity index (χ2v) is 8.40. The zero-order valence-corrected chi connectivity index (χ0v) is 16.2. The molecule has 1 aliphatic heterocycles. The standard InChI is InChI=1S/C21H22N2O3S/c1-13(2)14-5-7-16(8-6-14)23-19(24)12-17(20(23)25)22(15-9-10-15)21(26)18-4-3-11-27-18/h3-8,11,13,15,17H,9-10,12H2,1-2H3. The molecule has 0 bridgehead atoms. The first-order valence-electron chi connectivity index (χ1n) is 9.30. The van der Waals surface area contributed by atoms with Crippen LogP contribution in [0.1, 0.15) is 54.3 Å². The summed E-state index contributed by atoms with van der Waals surface area (Å²) < 4.78 is 0. The minimum Gasteiger partial charge on any atom is -0.322 e. The van der Waals surface area contributed by atoms with Gasteiger partial charge >= 0.3 is 0 Å². The molecule has 1 saturated carbocycles. The normalized spacial score (nSPS) is 19.8. The van der Waals surface area contributed by atoms with Crippen molar-refractivity contribution in [3.8, 4) is 0 Å². The van der Waals surface area contributed by atoms with E-state index in [1.165, 1.54) is 16.2 Å². The van der Waals surface area contributed by atoms with Crippen molar-refractivity contribution >= 4 is 34.7 Å². The lowest BCUT2D eigenvalue weighted by Gasteiger charge is -2.27. The second kappa shape index (κ2) is 6.93. The lowest BCUT2D eigenvalue weighted by molar-refractivity contribution is -0.122. The Morgan fingerprint density at radius 2 is 1.85 bits per heavy atom. The van der Waals surface area contributed by atoms with Gasteiger partial charge in [0.05, 0.1) is 17.0 Å². The molecule has 1 aliphatic carbocycles. The Bertz CT molecular complexity index is 869. The minimum atomic E-state index is -0.704. The number of amides is 3. The second-order valence-electron chi connectivity index (χ2n) is 7.45. The Labute approximate surface area is 162 Å². The minimum absolute atomic E-state index is 0.0539. The number of anilines is 1. The van der Waals surface area contributed by atoms with Crippen LogP contribution in [0.15, 0.2) is 41.8 Å². The fraction of sp³-hybridized carbons (Fsp3) is 0.381. The first-order valence-corrected chi connectivity index (χ1v) is 10.2. The van der Waals surface area contributed by atoms with Crippen molar-refractivity contribution in [3.63, 3.8) is 0 Å². The van der Waals surface area contributed by atoms with Gasteiger partial charge in [0.2, 0.25) is 5.91 Å². The zero-order valence-electron chi connectivity index (χ0n) is 15.4. The predicted octanol–water partition coefficient (Wildman–Crippen LogP) is 3.81. The van der Waals surface area contributed by atoms with E-state index < -0.39 is 6.04 Å². The van der Waals surface area contributed by atoms with Crippen LogP contribution >= 0.6 is 11.3 Å². The van der Waals surface area contributed by atoms with Crippen molar-refractivity contribution in [1.29, 1.82) is 0 Å². The van der Waals surface area contributed by atoms with E-state index in [1.807, 2.05) is 35.7 Å². The van der Waals surface area contributed by atoms with Gasteiger partial charge in [-0.1, -0.05) is 32.0 Å². The maximum Gasteiger partial charge on any atom is 0.264 e. The van der Waals surface area contributed by atoms with Gasteiger partial charge in [0.1, 0.15) is 6.04 Å². The summed E-state index contributed by atoms with van der Waals surface area (Å²) in [5, 5.41) is 1.85. The van der Waals surface area contributed by atoms with Crippen LogP contribution in [0.2, 0.25) is 0 Å². The van der Waals surface area contributed by atoms with E-state index in [0.717, 1.165) is 18.4 Å². The van der Waals surface area contributed by atoms with Crippen molar-refractivity contribution in [2.45, 2.75) is 51.1 Å². The molecule has 0 radical (unpaired) electrons. The highest BCUT2D eigenvalue weighted by Crippen LogP contribution is 2.36. The number of carbonyl (C=O) groups is 3. The van der Waals surface area contributed by atoms with Gasteiger partial charge in [0.15, 0.2) is 0 Å². The molecule has 6 heteroatoms. The quantitative estimate of drug-likeness (QED) is 0.739. The molecule has 1 aromatic carbocycles. The molecule has 1 aromatic heterocycles. The number of benzene rings is 1. The van der Waals surface area contributed by atoms with Crippen molar-refractivity contribution < 1.29 is 14.4 Å². The number of carbonyl (C=O) groups excluding carboxylic acids is 3. The Hall–Kier alpha value is -2.47. The highest BCUT2D eigenvalue weighted by molar-refractivity contribution is 7.12. The topological polar surface area (TPSA) is 57.7 Å². The molecular weight excluding hydrogens is 360 g/mol. The van der Waals surface area contributed by atoms with Crippen molar-refractivity contribution in [2.24, 2.45) is 0 Å². The Morgan fingerprint density at radius 3 is 2.41 bits per heavy atom. The van der Waals surface area contributed by atoms with E-state index in [4.69, 9.17) is 0 Å². The fourth-order valence-corrected chi connectivity index (χ4v) is 4.22. The monoisotopic (exact) mass is 382 g/mol. The van der Waals surface area contributed by atoms with E-state index >= 15 is 0 Å². The highest BCUT2D eigenvalue weighted by atomic mass is 32.1. The fourth-order valence-electron chi connectivity index (χ4n) is 3.55. The van der Waals surface area contributed by atoms with Gasteiger partial charge < -0.3 is 4.90 Å². The van der Waals surface area contributed by atoms with E-state index in [9.17, 15) is 14.4 Å². The highest BCUT2D eigenvalue weighted by Gasteiger charge is 2.49. The maximum atomic E-state index is 13.1. The summed E-state index contributed by atoms with van der Waals surface area (Å²) in [4.78, 5) is 42.2. The third kappa shape index (κ3) is 3.30. The first kappa shape index (κ1) is 17.9. The van der Waals surface area contributed by atoms with Crippen LogP contribution in [0.5, 0.6) is 0 Å². The van der Waals surface area contributed by atoms with Crippen molar-refractivity contribution in [2.75, 3.05) is 4.90 Å². The number of hydrogen-bond acceptors (Lipinski definition) is 4. The number of thiophene rings is 1. The molecule has 2 aromatic rings. The molecule has 4 rings (SSSR count). The summed E-state index contributed by atoms with van der Waals surface area (Å²) in [6.45, 7) is 4.20. The lowest BCUT2D eigenvalue weighted by Crippen LogP contribution is -2.46. The van der Waals surface area contributed by atoms with E-state index in [2.05, 4.69) is 13.8 Å². The van der Waals surface area contributed by atoms with Gasteiger partial charge in [-0.05, 0) is 47.9 Å². The smallest absolute Gasteiger partial charge is 0.264 e. The lowest BCUT2D eigenvalue weighted by atomic mass is 10.0. The molecule has 1 unspecified atom stereocenters. The van der Waals surface area contributed by atoms with Crippen LogP contribution < -0.4 is 4.90 Å². The summed E-state index contributed by atoms with van der Waals surface area (Å²) >= 11 is 1.37. The van der Waals surface area contributed by atoms with E-state index in [0.29, 0.717) is 16.5 Å². The molecule has 140 valence electrons. The van der Waals surface area contributed by atoms with Crippen LogP contribution in [0.3, 0.4) is 0 Å². The number of nitrogens with zero attached hydrogens (tertiary/aromatic N) is 2. The largest absolute Gasteiger partial charge is 0.322 e. The van der Waals surface area contributed by atoms with Crippen molar-refractivity contribution in [1.82, 2.24) is 4.90 Å². The molecule has 0 N–H and O–H groups in total. The predicted molar refractivity (Wildman–Crippen MR) is 105 cm³/mol. The summed E-state index contributed by atoms with van der Waals surface area (Å²) in [6, 6.07) is 10.5. The van der Waals surface area contributed by atoms with Gasteiger partial charge in [0, 0.05) is 6.04 Å². The number of hydrogen-bond donors (Lipinski definition) is 0. The summed E-state index contributed by atoms with van der Waals surface area (Å²) in [5.41, 5.74) is 1.73. The van der Waals surface area contributed by atoms with Crippen LogP contribution in [0.25, 0.3) is 0 Å². The molecular formula is C21H22N2O3S. The molecule has 3 amide bonds. The van der Waals surface area contributed by atoms with E-state index in [-0.39, 0.29) is 30.2 Å². The van der Waals surface area contributed by atoms with Gasteiger partial charge in [-0.25, -0.2) is 4.90 Å². The molecule has 1 atom stereocenters. The van der Waals surface area contributed by atoms with Crippen molar-refractivity contribution in [3.05, 3.63) is 52.2 Å². The van der Waals surface area contributed by atoms with Crippen LogP contribution in [0.4, 0.5) is 5.69 Å². The van der Waals surface area contributed by atoms with E-state index in [1.54, 1.807) is 11.0 Å². The summed E-state index contributed by atoms with van der Waals surface area (Å²) in [7, 11) is 0. The third-order valence-electron chi connectivity index (χ3n) is 5.18. The Kier molecular flexibility index (Phi) is 4.60. The summed E-state index contributed by atoms with van der Waals surface area (Å²) in [5.74, 6) is -0.303. The zero-order chi connectivity index (χ0) is 19.1. The van der Waals surface area contributed by atoms with Gasteiger partial charge in [0.25, 0.3) is 11.8 Å². The maximum absolute atomic E-state index is 13.1. The molecule has 2 heterocycles. The SMILES string of the molecule is CC(C)c1ccc(N2C(=O)CC(N(C(=O)c3cccs3)C3CC3)C2=O)cc1. The summed E-state index contributed by atoms with van der Waals surface area (Å²) in [6.07, 6.45) is 1.83. The Balaban J connectivity index is 1.60. The molecule has 27 heavy (non-hydrogen) atoms. The Morgan fingerprint density at radius 1 is 1.15 bits per heavy atom. The molecule has 2 fully saturated rings. The average Bonchev–Trinajstić information content (AvgIpc) is 3.23. The van der Waals surface area contributed by atoms with Crippen LogP contribution in [-0.2, 0) is 9.59 Å².